The number of carbonyl (C=O) groups is 2. The molecule has 34 heavy (non-hydrogen) atoms. The molecule has 0 aromatic heterocycles. The highest BCUT2D eigenvalue weighted by molar-refractivity contribution is 6.06. The largest absolute Gasteiger partial charge is 0.504 e. The third-order valence-electron chi connectivity index (χ3n) is 7.07. The molecule has 174 valence electrons. The highest BCUT2D eigenvalue weighted by atomic mass is 16.5. The van der Waals surface area contributed by atoms with Crippen molar-refractivity contribution in [2.24, 2.45) is 11.3 Å². The number of hydrogen-bond acceptors (Lipinski definition) is 6. The van der Waals surface area contributed by atoms with Gasteiger partial charge in [0.15, 0.2) is 17.3 Å². The second-order valence-electron chi connectivity index (χ2n) is 9.61. The fraction of sp³-hybridized carbons (Fsp3) is 0.286. The minimum atomic E-state index is -0.619. The first-order chi connectivity index (χ1) is 16.3. The average molecular weight is 458 g/mol. The van der Waals surface area contributed by atoms with Crippen LogP contribution in [-0.2, 0) is 14.3 Å². The third-order valence-corrected chi connectivity index (χ3v) is 7.07. The van der Waals surface area contributed by atoms with Gasteiger partial charge in [0, 0.05) is 29.3 Å². The smallest absolute Gasteiger partial charge is 0.315 e. The molecule has 0 saturated heterocycles. The predicted octanol–water partition coefficient (Wildman–Crippen LogP) is 5.15. The van der Waals surface area contributed by atoms with Gasteiger partial charge in [-0.05, 0) is 45.5 Å². The van der Waals surface area contributed by atoms with Gasteiger partial charge in [-0.15, -0.1) is 0 Å². The van der Waals surface area contributed by atoms with Crippen LogP contribution in [-0.4, -0.2) is 31.1 Å². The van der Waals surface area contributed by atoms with Gasteiger partial charge in [-0.25, -0.2) is 0 Å². The fourth-order valence-corrected chi connectivity index (χ4v) is 5.53. The van der Waals surface area contributed by atoms with E-state index < -0.39 is 17.3 Å². The molecule has 5 rings (SSSR count). The van der Waals surface area contributed by atoms with E-state index in [9.17, 15) is 14.7 Å². The SMILES string of the molecule is COC(=O)[C@H]1C2=C(C(=O)CC1(C)C)[C@H](c1ccc(O)c(OC)c1)c1c(ccc3ccccc13)N2. The van der Waals surface area contributed by atoms with Gasteiger partial charge in [-0.2, -0.15) is 0 Å². The lowest BCUT2D eigenvalue weighted by molar-refractivity contribution is -0.148. The molecule has 3 aromatic rings. The minimum Gasteiger partial charge on any atom is -0.504 e. The van der Waals surface area contributed by atoms with Gasteiger partial charge in [-0.1, -0.05) is 50.2 Å². The van der Waals surface area contributed by atoms with Crippen LogP contribution >= 0.6 is 0 Å². The van der Waals surface area contributed by atoms with E-state index in [4.69, 9.17) is 9.47 Å². The lowest BCUT2D eigenvalue weighted by atomic mass is 9.63. The normalized spacial score (nSPS) is 20.9. The third kappa shape index (κ3) is 3.24. The zero-order valence-corrected chi connectivity index (χ0v) is 19.6. The zero-order valence-electron chi connectivity index (χ0n) is 19.6. The number of phenols is 1. The molecule has 6 heteroatoms. The summed E-state index contributed by atoms with van der Waals surface area (Å²) >= 11 is 0. The maximum atomic E-state index is 13.7. The summed E-state index contributed by atoms with van der Waals surface area (Å²) in [6.45, 7) is 3.85. The quantitative estimate of drug-likeness (QED) is 0.529. The van der Waals surface area contributed by atoms with Gasteiger partial charge in [0.05, 0.1) is 14.2 Å². The number of rotatable bonds is 3. The van der Waals surface area contributed by atoms with Crippen molar-refractivity contribution in [1.82, 2.24) is 0 Å². The topological polar surface area (TPSA) is 84.9 Å². The van der Waals surface area contributed by atoms with Crippen LogP contribution in [0.1, 0.15) is 37.3 Å². The summed E-state index contributed by atoms with van der Waals surface area (Å²) in [5.41, 5.74) is 3.15. The second-order valence-corrected chi connectivity index (χ2v) is 9.61. The van der Waals surface area contributed by atoms with Crippen molar-refractivity contribution in [3.63, 3.8) is 0 Å². The summed E-state index contributed by atoms with van der Waals surface area (Å²) in [5, 5.41) is 15.8. The molecular formula is C28H27NO5. The van der Waals surface area contributed by atoms with Gasteiger partial charge >= 0.3 is 5.97 Å². The number of nitrogens with one attached hydrogen (secondary N) is 1. The van der Waals surface area contributed by atoms with E-state index >= 15 is 0 Å². The fourth-order valence-electron chi connectivity index (χ4n) is 5.53. The molecule has 2 aliphatic rings. The van der Waals surface area contributed by atoms with Crippen LogP contribution in [0.25, 0.3) is 10.8 Å². The molecule has 0 bridgehead atoms. The standard InChI is InChI=1S/C28H27NO5/c1-28(2)14-20(31)24-22(16-10-12-19(30)21(13-16)33-3)23-17-8-6-5-7-15(17)9-11-18(23)29-26(24)25(28)27(32)34-4/h5-13,22,25,29-30H,14H2,1-4H3/t22-,25-/m1/s1. The summed E-state index contributed by atoms with van der Waals surface area (Å²) in [6, 6.07) is 17.2. The van der Waals surface area contributed by atoms with Crippen molar-refractivity contribution < 1.29 is 24.2 Å². The summed E-state index contributed by atoms with van der Waals surface area (Å²) in [6.07, 6.45) is 0.221. The van der Waals surface area contributed by atoms with E-state index in [-0.39, 0.29) is 23.9 Å². The maximum absolute atomic E-state index is 13.7. The molecule has 0 saturated carbocycles. The van der Waals surface area contributed by atoms with E-state index in [1.54, 1.807) is 12.1 Å². The zero-order chi connectivity index (χ0) is 24.2. The summed E-state index contributed by atoms with van der Waals surface area (Å²) < 4.78 is 10.6. The Kier molecular flexibility index (Phi) is 5.12. The van der Waals surface area contributed by atoms with Crippen LogP contribution in [0.5, 0.6) is 11.5 Å². The second kappa shape index (κ2) is 7.90. The summed E-state index contributed by atoms with van der Waals surface area (Å²) in [5.74, 6) is -1.09. The highest BCUT2D eigenvalue weighted by Crippen LogP contribution is 2.53. The van der Waals surface area contributed by atoms with Gasteiger partial charge in [-0.3, -0.25) is 9.59 Å². The van der Waals surface area contributed by atoms with Crippen molar-refractivity contribution in [2.75, 3.05) is 19.5 Å². The van der Waals surface area contributed by atoms with Gasteiger partial charge < -0.3 is 19.9 Å². The van der Waals surface area contributed by atoms with Crippen LogP contribution in [0.2, 0.25) is 0 Å². The first kappa shape index (κ1) is 22.0. The van der Waals surface area contributed by atoms with Gasteiger partial charge in [0.25, 0.3) is 0 Å². The van der Waals surface area contributed by atoms with Crippen LogP contribution in [0.3, 0.4) is 0 Å². The van der Waals surface area contributed by atoms with E-state index in [2.05, 4.69) is 5.32 Å². The number of methoxy groups -OCH3 is 2. The Morgan fingerprint density at radius 2 is 1.85 bits per heavy atom. The van der Waals surface area contributed by atoms with Crippen LogP contribution in [0.4, 0.5) is 5.69 Å². The monoisotopic (exact) mass is 457 g/mol. The molecule has 6 nitrogen and oxygen atoms in total. The number of benzene rings is 3. The number of ether oxygens (including phenoxy) is 2. The Morgan fingerprint density at radius 3 is 2.59 bits per heavy atom. The number of fused-ring (bicyclic) bond motifs is 3. The lowest BCUT2D eigenvalue weighted by Gasteiger charge is -2.44. The summed E-state index contributed by atoms with van der Waals surface area (Å²) in [4.78, 5) is 26.7. The first-order valence-corrected chi connectivity index (χ1v) is 11.3. The number of carbonyl (C=O) groups excluding carboxylic acids is 2. The van der Waals surface area contributed by atoms with E-state index in [0.29, 0.717) is 17.0 Å². The number of esters is 1. The van der Waals surface area contributed by atoms with Crippen LogP contribution in [0, 0.1) is 11.3 Å². The van der Waals surface area contributed by atoms with Crippen molar-refractivity contribution in [2.45, 2.75) is 26.2 Å². The van der Waals surface area contributed by atoms with Crippen molar-refractivity contribution in [3.8, 4) is 11.5 Å². The van der Waals surface area contributed by atoms with Crippen molar-refractivity contribution >= 4 is 28.2 Å². The number of allylic oxidation sites excluding steroid dienone is 1. The molecule has 3 aromatic carbocycles. The van der Waals surface area contributed by atoms with E-state index in [1.807, 2.05) is 56.3 Å². The Morgan fingerprint density at radius 1 is 1.09 bits per heavy atom. The number of hydrogen-bond donors (Lipinski definition) is 2. The Labute approximate surface area is 198 Å². The van der Waals surface area contributed by atoms with Gasteiger partial charge in [0.1, 0.15) is 5.92 Å². The molecule has 0 unspecified atom stereocenters. The van der Waals surface area contributed by atoms with Crippen LogP contribution in [0.15, 0.2) is 65.9 Å². The number of aromatic hydroxyl groups is 1. The highest BCUT2D eigenvalue weighted by Gasteiger charge is 2.50. The molecule has 0 amide bonds. The molecule has 0 fully saturated rings. The number of phenolic OH excluding ortho intramolecular Hbond substituents is 1. The van der Waals surface area contributed by atoms with Crippen molar-refractivity contribution in [1.29, 1.82) is 0 Å². The summed E-state index contributed by atoms with van der Waals surface area (Å²) in [7, 11) is 2.87. The number of anilines is 1. The molecule has 1 aliphatic carbocycles. The van der Waals surface area contributed by atoms with Crippen LogP contribution < -0.4 is 10.1 Å². The Hall–Kier alpha value is -3.80. The lowest BCUT2D eigenvalue weighted by Crippen LogP contribution is -2.44. The van der Waals surface area contributed by atoms with E-state index in [0.717, 1.165) is 27.6 Å². The minimum absolute atomic E-state index is 0.0109. The predicted molar refractivity (Wildman–Crippen MR) is 130 cm³/mol. The molecule has 1 aliphatic heterocycles. The molecule has 0 spiro atoms. The number of ketones is 1. The molecule has 2 atom stereocenters. The molecule has 1 heterocycles. The molecule has 2 N–H and O–H groups in total. The maximum Gasteiger partial charge on any atom is 0.315 e. The average Bonchev–Trinajstić information content (AvgIpc) is 2.82. The van der Waals surface area contributed by atoms with Crippen molar-refractivity contribution in [3.05, 3.63) is 77.0 Å². The Balaban J connectivity index is 1.85. The first-order valence-electron chi connectivity index (χ1n) is 11.3. The van der Waals surface area contributed by atoms with Gasteiger partial charge in [0.2, 0.25) is 0 Å². The van der Waals surface area contributed by atoms with E-state index in [1.165, 1.54) is 14.2 Å². The molecule has 0 radical (unpaired) electrons. The Bertz CT molecular complexity index is 1370. The number of Topliss-reactive ketones (excluding diaryl/α,β-unsaturated/α-hetero) is 1. The molecular weight excluding hydrogens is 430 g/mol.